The molecule has 0 aliphatic rings. The van der Waals surface area contributed by atoms with Crippen LogP contribution in [0, 0.1) is 0 Å². The first kappa shape index (κ1) is 15.4. The van der Waals surface area contributed by atoms with Crippen molar-refractivity contribution in [3.05, 3.63) is 53.7 Å². The van der Waals surface area contributed by atoms with Crippen LogP contribution < -0.4 is 0 Å². The zero-order valence-corrected chi connectivity index (χ0v) is 13.5. The zero-order valence-electron chi connectivity index (χ0n) is 13.5. The van der Waals surface area contributed by atoms with E-state index in [9.17, 15) is 5.11 Å². The minimum Gasteiger partial charge on any atom is -0.508 e. The Labute approximate surface area is 135 Å². The smallest absolute Gasteiger partial charge is 0.135 e. The number of phenolic OH excluding ortho intramolecular Hbond substituents is 1. The lowest BCUT2D eigenvalue weighted by molar-refractivity contribution is 0.400. The molecule has 2 heterocycles. The van der Waals surface area contributed by atoms with E-state index in [1.54, 1.807) is 24.7 Å². The van der Waals surface area contributed by atoms with Crippen molar-refractivity contribution in [2.24, 2.45) is 0 Å². The Morgan fingerprint density at radius 2 is 2.04 bits per heavy atom. The molecule has 0 atom stereocenters. The van der Waals surface area contributed by atoms with E-state index >= 15 is 0 Å². The van der Waals surface area contributed by atoms with Crippen LogP contribution in [0.3, 0.4) is 0 Å². The Balaban J connectivity index is 1.94. The zero-order chi connectivity index (χ0) is 16.2. The van der Waals surface area contributed by atoms with Crippen molar-refractivity contribution in [2.75, 3.05) is 20.6 Å². The Bertz CT molecular complexity index is 797. The van der Waals surface area contributed by atoms with Crippen LogP contribution >= 0.6 is 0 Å². The van der Waals surface area contributed by atoms with Crippen LogP contribution in [0.2, 0.25) is 0 Å². The number of benzene rings is 1. The van der Waals surface area contributed by atoms with Crippen LogP contribution in [0.5, 0.6) is 5.75 Å². The summed E-state index contributed by atoms with van der Waals surface area (Å²) in [5.41, 5.74) is 2.93. The van der Waals surface area contributed by atoms with Gasteiger partial charge < -0.3 is 18.8 Å². The fourth-order valence-electron chi connectivity index (χ4n) is 2.66. The van der Waals surface area contributed by atoms with Crippen molar-refractivity contribution in [3.63, 3.8) is 0 Å². The van der Waals surface area contributed by atoms with Gasteiger partial charge in [0.1, 0.15) is 17.1 Å². The highest BCUT2D eigenvalue weighted by Gasteiger charge is 2.13. The summed E-state index contributed by atoms with van der Waals surface area (Å²) >= 11 is 0. The average molecular weight is 311 g/mol. The van der Waals surface area contributed by atoms with E-state index in [1.807, 2.05) is 24.3 Å². The number of phenols is 1. The SMILES string of the molecule is CN(C)CCCc1c(/C=C/c2ccoc2)oc2ccc(O)cc12. The van der Waals surface area contributed by atoms with Crippen molar-refractivity contribution in [2.45, 2.75) is 12.8 Å². The molecule has 0 radical (unpaired) electrons. The van der Waals surface area contributed by atoms with Crippen molar-refractivity contribution < 1.29 is 13.9 Å². The minimum atomic E-state index is 0.262. The van der Waals surface area contributed by atoms with Gasteiger partial charge in [0.05, 0.1) is 12.5 Å². The van der Waals surface area contributed by atoms with Gasteiger partial charge in [-0.3, -0.25) is 0 Å². The molecule has 120 valence electrons. The molecule has 4 heteroatoms. The van der Waals surface area contributed by atoms with Gasteiger partial charge >= 0.3 is 0 Å². The molecule has 1 aromatic carbocycles. The Morgan fingerprint density at radius 1 is 1.17 bits per heavy atom. The molecular weight excluding hydrogens is 290 g/mol. The molecule has 0 bridgehead atoms. The van der Waals surface area contributed by atoms with Crippen LogP contribution in [-0.4, -0.2) is 30.6 Å². The summed E-state index contributed by atoms with van der Waals surface area (Å²) < 4.78 is 11.0. The largest absolute Gasteiger partial charge is 0.508 e. The average Bonchev–Trinajstić information content (AvgIpc) is 3.13. The van der Waals surface area contributed by atoms with Crippen LogP contribution in [0.15, 0.2) is 45.6 Å². The molecule has 3 aromatic rings. The summed E-state index contributed by atoms with van der Waals surface area (Å²) in [4.78, 5) is 2.17. The van der Waals surface area contributed by atoms with E-state index in [2.05, 4.69) is 19.0 Å². The molecular formula is C19H21NO3. The van der Waals surface area contributed by atoms with E-state index in [-0.39, 0.29) is 5.75 Å². The fourth-order valence-corrected chi connectivity index (χ4v) is 2.66. The number of hydrogen-bond acceptors (Lipinski definition) is 4. The monoisotopic (exact) mass is 311 g/mol. The molecule has 0 aliphatic heterocycles. The first-order valence-electron chi connectivity index (χ1n) is 7.73. The highest BCUT2D eigenvalue weighted by Crippen LogP contribution is 2.31. The molecule has 0 unspecified atom stereocenters. The van der Waals surface area contributed by atoms with Crippen molar-refractivity contribution >= 4 is 23.1 Å². The third-order valence-electron chi connectivity index (χ3n) is 3.81. The molecule has 1 N–H and O–H groups in total. The molecule has 0 spiro atoms. The fraction of sp³-hybridized carbons (Fsp3) is 0.263. The second-order valence-electron chi connectivity index (χ2n) is 5.92. The molecule has 0 aliphatic carbocycles. The summed E-state index contributed by atoms with van der Waals surface area (Å²) in [6.45, 7) is 1.01. The molecule has 0 saturated heterocycles. The van der Waals surface area contributed by atoms with Crippen molar-refractivity contribution in [1.29, 1.82) is 0 Å². The van der Waals surface area contributed by atoms with E-state index in [1.165, 1.54) is 0 Å². The third kappa shape index (κ3) is 3.66. The highest BCUT2D eigenvalue weighted by molar-refractivity contribution is 5.87. The van der Waals surface area contributed by atoms with Gasteiger partial charge in [-0.2, -0.15) is 0 Å². The summed E-state index contributed by atoms with van der Waals surface area (Å²) in [6, 6.07) is 7.14. The predicted molar refractivity (Wildman–Crippen MR) is 92.4 cm³/mol. The summed E-state index contributed by atoms with van der Waals surface area (Å²) in [5.74, 6) is 1.10. The number of aryl methyl sites for hydroxylation is 1. The van der Waals surface area contributed by atoms with Gasteiger partial charge in [-0.05, 0) is 69.9 Å². The lowest BCUT2D eigenvalue weighted by Gasteiger charge is -2.08. The Kier molecular flexibility index (Phi) is 4.53. The van der Waals surface area contributed by atoms with E-state index in [0.29, 0.717) is 0 Å². The Hall–Kier alpha value is -2.46. The topological polar surface area (TPSA) is 49.8 Å². The number of rotatable bonds is 6. The standard InChI is InChI=1S/C19H21NO3/c1-20(2)10-3-4-16-17-12-15(21)6-8-19(17)23-18(16)7-5-14-9-11-22-13-14/h5-9,11-13,21H,3-4,10H2,1-2H3/b7-5+. The van der Waals surface area contributed by atoms with E-state index in [4.69, 9.17) is 8.83 Å². The molecule has 0 saturated carbocycles. The lowest BCUT2D eigenvalue weighted by atomic mass is 10.0. The van der Waals surface area contributed by atoms with E-state index in [0.717, 1.165) is 47.2 Å². The lowest BCUT2D eigenvalue weighted by Crippen LogP contribution is -2.13. The van der Waals surface area contributed by atoms with Gasteiger partial charge in [-0.25, -0.2) is 0 Å². The number of furan rings is 2. The Morgan fingerprint density at radius 3 is 2.78 bits per heavy atom. The van der Waals surface area contributed by atoms with E-state index < -0.39 is 0 Å². The quantitative estimate of drug-likeness (QED) is 0.733. The first-order chi connectivity index (χ1) is 11.1. The van der Waals surface area contributed by atoms with Gasteiger partial charge in [0.15, 0.2) is 0 Å². The molecule has 3 rings (SSSR count). The normalized spacial score (nSPS) is 12.0. The summed E-state index contributed by atoms with van der Waals surface area (Å²) in [7, 11) is 4.14. The first-order valence-corrected chi connectivity index (χ1v) is 7.73. The highest BCUT2D eigenvalue weighted by atomic mass is 16.3. The van der Waals surface area contributed by atoms with Gasteiger partial charge in [-0.15, -0.1) is 0 Å². The maximum absolute atomic E-state index is 9.78. The third-order valence-corrected chi connectivity index (χ3v) is 3.81. The van der Waals surface area contributed by atoms with Crippen molar-refractivity contribution in [3.8, 4) is 5.75 Å². The number of fused-ring (bicyclic) bond motifs is 1. The summed E-state index contributed by atoms with van der Waals surface area (Å²) in [6.07, 6.45) is 9.21. The van der Waals surface area contributed by atoms with Gasteiger partial charge in [0.25, 0.3) is 0 Å². The minimum absolute atomic E-state index is 0.262. The van der Waals surface area contributed by atoms with Crippen LogP contribution in [0.4, 0.5) is 0 Å². The number of hydrogen-bond donors (Lipinski definition) is 1. The van der Waals surface area contributed by atoms with Gasteiger partial charge in [-0.1, -0.05) is 0 Å². The summed E-state index contributed by atoms with van der Waals surface area (Å²) in [5, 5.41) is 10.8. The second kappa shape index (κ2) is 6.75. The molecule has 0 amide bonds. The molecule has 23 heavy (non-hydrogen) atoms. The molecule has 4 nitrogen and oxygen atoms in total. The van der Waals surface area contributed by atoms with Gasteiger partial charge in [0.2, 0.25) is 0 Å². The maximum atomic E-state index is 9.78. The molecule has 2 aromatic heterocycles. The molecule has 0 fully saturated rings. The number of nitrogens with zero attached hydrogens (tertiary/aromatic N) is 1. The maximum Gasteiger partial charge on any atom is 0.135 e. The number of aromatic hydroxyl groups is 1. The second-order valence-corrected chi connectivity index (χ2v) is 5.92. The van der Waals surface area contributed by atoms with Crippen molar-refractivity contribution in [1.82, 2.24) is 4.90 Å². The van der Waals surface area contributed by atoms with Crippen LogP contribution in [-0.2, 0) is 6.42 Å². The van der Waals surface area contributed by atoms with Gasteiger partial charge in [0, 0.05) is 16.5 Å². The van der Waals surface area contributed by atoms with Crippen LogP contribution in [0.1, 0.15) is 23.3 Å². The predicted octanol–water partition coefficient (Wildman–Crippen LogP) is 4.40. The van der Waals surface area contributed by atoms with Crippen LogP contribution in [0.25, 0.3) is 23.1 Å².